The Kier molecular flexibility index (Phi) is 5.27. The highest BCUT2D eigenvalue weighted by molar-refractivity contribution is 9.10. The zero-order chi connectivity index (χ0) is 13.7. The zero-order valence-corrected chi connectivity index (χ0v) is 11.5. The molecular weight excluding hydrogens is 308 g/mol. The molecular formula is C12H12BrF2NO2. The predicted octanol–water partition coefficient (Wildman–Crippen LogP) is 3.26. The standard InChI is InChI=1S/C12H12BrF2NO2/c1-7(12(17)18-2)3-4-16-11-6-9(14)8(13)5-10(11)15/h3,5-6,16H,4H2,1-2H3/b7-3+. The highest BCUT2D eigenvalue weighted by Gasteiger charge is 2.07. The summed E-state index contributed by atoms with van der Waals surface area (Å²) < 4.78 is 31.2. The Labute approximate surface area is 112 Å². The number of nitrogens with one attached hydrogen (secondary N) is 1. The second kappa shape index (κ2) is 6.49. The van der Waals surface area contributed by atoms with Crippen molar-refractivity contribution in [3.05, 3.63) is 39.9 Å². The van der Waals surface area contributed by atoms with Crippen LogP contribution in [0.3, 0.4) is 0 Å². The van der Waals surface area contributed by atoms with Crippen LogP contribution in [0.15, 0.2) is 28.3 Å². The Bertz CT molecular complexity index is 489. The third kappa shape index (κ3) is 3.80. The Morgan fingerprint density at radius 1 is 1.44 bits per heavy atom. The van der Waals surface area contributed by atoms with Crippen molar-refractivity contribution >= 4 is 27.6 Å². The number of carbonyl (C=O) groups is 1. The lowest BCUT2D eigenvalue weighted by Crippen LogP contribution is -2.06. The zero-order valence-electron chi connectivity index (χ0n) is 9.89. The first-order chi connectivity index (χ1) is 8.45. The molecule has 1 aromatic carbocycles. The van der Waals surface area contributed by atoms with Crippen LogP contribution >= 0.6 is 15.9 Å². The SMILES string of the molecule is COC(=O)/C(C)=C/CNc1cc(F)c(Br)cc1F. The van der Waals surface area contributed by atoms with Crippen LogP contribution in [-0.2, 0) is 9.53 Å². The second-order valence-corrected chi connectivity index (χ2v) is 4.36. The van der Waals surface area contributed by atoms with Crippen LogP contribution in [0.2, 0.25) is 0 Å². The highest BCUT2D eigenvalue weighted by Crippen LogP contribution is 2.23. The summed E-state index contributed by atoms with van der Waals surface area (Å²) in [6, 6.07) is 2.08. The van der Waals surface area contributed by atoms with Crippen molar-refractivity contribution in [2.24, 2.45) is 0 Å². The van der Waals surface area contributed by atoms with Gasteiger partial charge in [0, 0.05) is 18.2 Å². The summed E-state index contributed by atoms with van der Waals surface area (Å²) in [7, 11) is 1.27. The number of benzene rings is 1. The lowest BCUT2D eigenvalue weighted by molar-refractivity contribution is -0.136. The maximum Gasteiger partial charge on any atom is 0.333 e. The molecule has 1 N–H and O–H groups in total. The normalized spacial score (nSPS) is 11.3. The van der Waals surface area contributed by atoms with E-state index in [9.17, 15) is 13.6 Å². The third-order valence-electron chi connectivity index (χ3n) is 2.22. The number of hydrogen-bond donors (Lipinski definition) is 1. The number of halogens is 3. The fourth-order valence-corrected chi connectivity index (χ4v) is 1.53. The number of methoxy groups -OCH3 is 1. The lowest BCUT2D eigenvalue weighted by Gasteiger charge is -2.07. The third-order valence-corrected chi connectivity index (χ3v) is 2.83. The largest absolute Gasteiger partial charge is 0.466 e. The van der Waals surface area contributed by atoms with E-state index in [2.05, 4.69) is 26.0 Å². The molecule has 0 unspecified atom stereocenters. The molecule has 0 aliphatic carbocycles. The molecule has 0 amide bonds. The van der Waals surface area contributed by atoms with Gasteiger partial charge in [0.25, 0.3) is 0 Å². The van der Waals surface area contributed by atoms with Crippen molar-refractivity contribution in [1.82, 2.24) is 0 Å². The minimum atomic E-state index is -0.576. The van der Waals surface area contributed by atoms with Gasteiger partial charge in [-0.1, -0.05) is 6.08 Å². The Balaban J connectivity index is 2.70. The van der Waals surface area contributed by atoms with E-state index in [1.807, 2.05) is 0 Å². The van der Waals surface area contributed by atoms with E-state index in [0.29, 0.717) is 5.57 Å². The molecule has 0 saturated carbocycles. The summed E-state index contributed by atoms with van der Waals surface area (Å²) in [4.78, 5) is 11.1. The summed E-state index contributed by atoms with van der Waals surface area (Å²) in [5.74, 6) is -1.60. The van der Waals surface area contributed by atoms with E-state index >= 15 is 0 Å². The summed E-state index contributed by atoms with van der Waals surface area (Å²) in [5.41, 5.74) is 0.424. The molecule has 0 aliphatic rings. The predicted molar refractivity (Wildman–Crippen MR) is 68.3 cm³/mol. The van der Waals surface area contributed by atoms with E-state index in [0.717, 1.165) is 12.1 Å². The van der Waals surface area contributed by atoms with Crippen LogP contribution in [0.4, 0.5) is 14.5 Å². The summed E-state index contributed by atoms with van der Waals surface area (Å²) in [5, 5.41) is 2.67. The van der Waals surface area contributed by atoms with E-state index < -0.39 is 17.6 Å². The maximum atomic E-state index is 13.4. The van der Waals surface area contributed by atoms with Gasteiger partial charge in [-0.3, -0.25) is 0 Å². The Hall–Kier alpha value is -1.43. The van der Waals surface area contributed by atoms with Gasteiger partial charge in [-0.25, -0.2) is 13.6 Å². The van der Waals surface area contributed by atoms with Gasteiger partial charge < -0.3 is 10.1 Å². The van der Waals surface area contributed by atoms with Crippen molar-refractivity contribution in [3.63, 3.8) is 0 Å². The number of rotatable bonds is 4. The molecule has 0 fully saturated rings. The molecule has 0 heterocycles. The van der Waals surface area contributed by atoms with Crippen molar-refractivity contribution in [1.29, 1.82) is 0 Å². The molecule has 0 bridgehead atoms. The van der Waals surface area contributed by atoms with E-state index in [1.165, 1.54) is 13.2 Å². The molecule has 98 valence electrons. The van der Waals surface area contributed by atoms with E-state index in [-0.39, 0.29) is 16.7 Å². The quantitative estimate of drug-likeness (QED) is 0.526. The van der Waals surface area contributed by atoms with E-state index in [1.54, 1.807) is 6.92 Å². The molecule has 6 heteroatoms. The van der Waals surface area contributed by atoms with Crippen LogP contribution in [0.5, 0.6) is 0 Å². The first-order valence-corrected chi connectivity index (χ1v) is 5.88. The van der Waals surface area contributed by atoms with Crippen molar-refractivity contribution in [3.8, 4) is 0 Å². The first-order valence-electron chi connectivity index (χ1n) is 5.09. The fraction of sp³-hybridized carbons (Fsp3) is 0.250. The number of hydrogen-bond acceptors (Lipinski definition) is 3. The van der Waals surface area contributed by atoms with Gasteiger partial charge in [0.2, 0.25) is 0 Å². The van der Waals surface area contributed by atoms with Gasteiger partial charge in [-0.15, -0.1) is 0 Å². The van der Waals surface area contributed by atoms with Crippen LogP contribution in [0.25, 0.3) is 0 Å². The number of carbonyl (C=O) groups excluding carboxylic acids is 1. The molecule has 0 spiro atoms. The monoisotopic (exact) mass is 319 g/mol. The van der Waals surface area contributed by atoms with Crippen LogP contribution in [-0.4, -0.2) is 19.6 Å². The molecule has 0 saturated heterocycles. The van der Waals surface area contributed by atoms with Crippen molar-refractivity contribution in [2.75, 3.05) is 19.0 Å². The van der Waals surface area contributed by atoms with Gasteiger partial charge in [0.1, 0.15) is 11.6 Å². The van der Waals surface area contributed by atoms with Gasteiger partial charge in [-0.05, 0) is 28.9 Å². The van der Waals surface area contributed by atoms with Crippen LogP contribution < -0.4 is 5.32 Å². The summed E-state index contributed by atoms with van der Waals surface area (Å²) in [6.07, 6.45) is 1.53. The number of anilines is 1. The van der Waals surface area contributed by atoms with Crippen LogP contribution in [0, 0.1) is 11.6 Å². The van der Waals surface area contributed by atoms with Gasteiger partial charge in [-0.2, -0.15) is 0 Å². The molecule has 0 atom stereocenters. The topological polar surface area (TPSA) is 38.3 Å². The smallest absolute Gasteiger partial charge is 0.333 e. The Morgan fingerprint density at radius 3 is 2.72 bits per heavy atom. The van der Waals surface area contributed by atoms with Gasteiger partial charge in [0.15, 0.2) is 0 Å². The molecule has 1 aromatic rings. The summed E-state index contributed by atoms with van der Waals surface area (Å²) >= 11 is 2.88. The lowest BCUT2D eigenvalue weighted by atomic mass is 10.2. The first kappa shape index (κ1) is 14.6. The second-order valence-electron chi connectivity index (χ2n) is 3.51. The van der Waals surface area contributed by atoms with E-state index in [4.69, 9.17) is 0 Å². The minimum Gasteiger partial charge on any atom is -0.466 e. The Morgan fingerprint density at radius 2 is 2.11 bits per heavy atom. The molecule has 18 heavy (non-hydrogen) atoms. The molecule has 1 rings (SSSR count). The summed E-state index contributed by atoms with van der Waals surface area (Å²) in [6.45, 7) is 1.77. The average molecular weight is 320 g/mol. The van der Waals surface area contributed by atoms with Gasteiger partial charge >= 0.3 is 5.97 Å². The molecule has 0 radical (unpaired) electrons. The minimum absolute atomic E-state index is 0.0321. The van der Waals surface area contributed by atoms with Crippen molar-refractivity contribution in [2.45, 2.75) is 6.92 Å². The highest BCUT2D eigenvalue weighted by atomic mass is 79.9. The number of ether oxygens (including phenoxy) is 1. The molecule has 0 aliphatic heterocycles. The van der Waals surface area contributed by atoms with Crippen LogP contribution in [0.1, 0.15) is 6.92 Å². The van der Waals surface area contributed by atoms with Crippen molar-refractivity contribution < 1.29 is 18.3 Å². The average Bonchev–Trinajstić information content (AvgIpc) is 2.34. The molecule has 0 aromatic heterocycles. The van der Waals surface area contributed by atoms with Gasteiger partial charge in [0.05, 0.1) is 17.3 Å². The number of esters is 1. The fourth-order valence-electron chi connectivity index (χ4n) is 1.22. The molecule has 3 nitrogen and oxygen atoms in total. The maximum absolute atomic E-state index is 13.4.